The second-order valence-electron chi connectivity index (χ2n) is 4.39. The van der Waals surface area contributed by atoms with Crippen LogP contribution in [0.25, 0.3) is 0 Å². The molecular weight excluding hydrogens is 219 g/mol. The molecule has 1 fully saturated rings. The maximum atomic E-state index is 13.2. The number of halogens is 1. The monoisotopic (exact) mass is 234 g/mol. The van der Waals surface area contributed by atoms with Crippen molar-refractivity contribution >= 4 is 5.69 Å². The lowest BCUT2D eigenvalue weighted by atomic mass is 10.00. The van der Waals surface area contributed by atoms with Gasteiger partial charge in [0.15, 0.2) is 0 Å². The summed E-state index contributed by atoms with van der Waals surface area (Å²) < 4.78 is 18.5. The van der Waals surface area contributed by atoms with Crippen LogP contribution in [0.5, 0.6) is 0 Å². The Morgan fingerprint density at radius 1 is 1.53 bits per heavy atom. The number of nitrogens with one attached hydrogen (secondary N) is 1. The molecule has 1 saturated heterocycles. The van der Waals surface area contributed by atoms with Crippen LogP contribution in [0, 0.1) is 30.0 Å². The highest BCUT2D eigenvalue weighted by molar-refractivity contribution is 5.48. The minimum absolute atomic E-state index is 0.184. The molecule has 0 aliphatic carbocycles. The first-order valence-electron chi connectivity index (χ1n) is 5.70. The van der Waals surface area contributed by atoms with Gasteiger partial charge >= 0.3 is 0 Å². The molecule has 0 bridgehead atoms. The van der Waals surface area contributed by atoms with Gasteiger partial charge in [-0.2, -0.15) is 5.26 Å². The smallest absolute Gasteiger partial charge is 0.125 e. The van der Waals surface area contributed by atoms with Gasteiger partial charge in [0.2, 0.25) is 0 Å². The van der Waals surface area contributed by atoms with E-state index in [1.807, 2.05) is 13.0 Å². The summed E-state index contributed by atoms with van der Waals surface area (Å²) in [6.07, 6.45) is 0.875. The van der Waals surface area contributed by atoms with Crippen molar-refractivity contribution in [3.05, 3.63) is 29.6 Å². The molecule has 1 N–H and O–H groups in total. The van der Waals surface area contributed by atoms with Crippen molar-refractivity contribution in [3.63, 3.8) is 0 Å². The lowest BCUT2D eigenvalue weighted by Crippen LogP contribution is -2.27. The Kier molecular flexibility index (Phi) is 3.60. The zero-order valence-electron chi connectivity index (χ0n) is 9.74. The number of rotatable bonds is 3. The Balaban J connectivity index is 2.10. The van der Waals surface area contributed by atoms with Crippen LogP contribution in [-0.2, 0) is 4.74 Å². The fraction of sp³-hybridized carbons (Fsp3) is 0.462. The van der Waals surface area contributed by atoms with Crippen molar-refractivity contribution in [1.82, 2.24) is 0 Å². The third-order valence-electron chi connectivity index (χ3n) is 2.94. The van der Waals surface area contributed by atoms with Crippen molar-refractivity contribution in [3.8, 4) is 6.07 Å². The summed E-state index contributed by atoms with van der Waals surface area (Å²) in [5, 5.41) is 12.2. The van der Waals surface area contributed by atoms with Crippen molar-refractivity contribution in [2.24, 2.45) is 5.92 Å². The van der Waals surface area contributed by atoms with E-state index in [2.05, 4.69) is 11.4 Å². The minimum Gasteiger partial charge on any atom is -0.381 e. The van der Waals surface area contributed by atoms with E-state index in [-0.39, 0.29) is 17.8 Å². The van der Waals surface area contributed by atoms with Crippen LogP contribution < -0.4 is 5.32 Å². The topological polar surface area (TPSA) is 45.0 Å². The Morgan fingerprint density at radius 3 is 2.94 bits per heavy atom. The van der Waals surface area contributed by atoms with Crippen molar-refractivity contribution in [2.45, 2.75) is 19.4 Å². The van der Waals surface area contributed by atoms with E-state index >= 15 is 0 Å². The van der Waals surface area contributed by atoms with E-state index in [1.54, 1.807) is 0 Å². The molecule has 0 radical (unpaired) electrons. The van der Waals surface area contributed by atoms with Crippen molar-refractivity contribution in [2.75, 3.05) is 18.5 Å². The first-order valence-corrected chi connectivity index (χ1v) is 5.70. The van der Waals surface area contributed by atoms with Gasteiger partial charge in [0.1, 0.15) is 11.9 Å². The number of hydrogen-bond acceptors (Lipinski definition) is 3. The molecule has 1 heterocycles. The predicted molar refractivity (Wildman–Crippen MR) is 63.1 cm³/mol. The summed E-state index contributed by atoms with van der Waals surface area (Å²) in [6.45, 7) is 3.13. The molecule has 90 valence electrons. The molecule has 1 aliphatic heterocycles. The molecule has 0 spiro atoms. The van der Waals surface area contributed by atoms with Crippen molar-refractivity contribution in [1.29, 1.82) is 5.26 Å². The standard InChI is InChI=1S/C13H15FN2O/c1-9-4-11(14)6-12(5-9)16-13(7-15)10-2-3-17-8-10/h4-6,10,13,16H,2-3,8H2,1H3. The van der Waals surface area contributed by atoms with Crippen LogP contribution in [-0.4, -0.2) is 19.3 Å². The van der Waals surface area contributed by atoms with Gasteiger partial charge in [-0.05, 0) is 37.1 Å². The van der Waals surface area contributed by atoms with E-state index in [4.69, 9.17) is 10.00 Å². The summed E-state index contributed by atoms with van der Waals surface area (Å²) in [6, 6.07) is 6.61. The summed E-state index contributed by atoms with van der Waals surface area (Å²) in [7, 11) is 0. The molecule has 1 aromatic rings. The highest BCUT2D eigenvalue weighted by Gasteiger charge is 2.25. The molecule has 3 nitrogen and oxygen atoms in total. The fourth-order valence-electron chi connectivity index (χ4n) is 2.07. The Labute approximate surface area is 100 Å². The number of aryl methyl sites for hydroxylation is 1. The summed E-state index contributed by atoms with van der Waals surface area (Å²) in [5.41, 5.74) is 1.49. The molecule has 2 atom stereocenters. The normalized spacial score (nSPS) is 20.9. The van der Waals surface area contributed by atoms with Crippen LogP contribution in [0.2, 0.25) is 0 Å². The van der Waals surface area contributed by atoms with E-state index in [0.29, 0.717) is 18.9 Å². The van der Waals surface area contributed by atoms with Crippen LogP contribution in [0.4, 0.5) is 10.1 Å². The van der Waals surface area contributed by atoms with E-state index < -0.39 is 0 Å². The van der Waals surface area contributed by atoms with Crippen LogP contribution in [0.1, 0.15) is 12.0 Å². The van der Waals surface area contributed by atoms with Gasteiger partial charge < -0.3 is 10.1 Å². The number of hydrogen-bond donors (Lipinski definition) is 1. The van der Waals surface area contributed by atoms with E-state index in [1.165, 1.54) is 12.1 Å². The minimum atomic E-state index is -0.321. The third-order valence-corrected chi connectivity index (χ3v) is 2.94. The van der Waals surface area contributed by atoms with Gasteiger partial charge in [0.25, 0.3) is 0 Å². The van der Waals surface area contributed by atoms with Gasteiger partial charge in [0, 0.05) is 18.2 Å². The fourth-order valence-corrected chi connectivity index (χ4v) is 2.07. The summed E-state index contributed by atoms with van der Waals surface area (Å²) >= 11 is 0. The van der Waals surface area contributed by atoms with Gasteiger partial charge in [-0.1, -0.05) is 0 Å². The first kappa shape index (κ1) is 11.9. The number of benzene rings is 1. The molecule has 17 heavy (non-hydrogen) atoms. The zero-order valence-corrected chi connectivity index (χ0v) is 9.74. The molecule has 4 heteroatoms. The van der Waals surface area contributed by atoms with Gasteiger partial charge in [0.05, 0.1) is 12.7 Å². The van der Waals surface area contributed by atoms with E-state index in [0.717, 1.165) is 12.0 Å². The van der Waals surface area contributed by atoms with Crippen molar-refractivity contribution < 1.29 is 9.13 Å². The molecule has 0 aromatic heterocycles. The zero-order chi connectivity index (χ0) is 12.3. The Morgan fingerprint density at radius 2 is 2.35 bits per heavy atom. The number of anilines is 1. The van der Waals surface area contributed by atoms with Crippen LogP contribution in [0.3, 0.4) is 0 Å². The summed E-state index contributed by atoms with van der Waals surface area (Å²) in [4.78, 5) is 0. The molecule has 0 amide bonds. The molecule has 2 rings (SSSR count). The number of ether oxygens (including phenoxy) is 1. The lowest BCUT2D eigenvalue weighted by molar-refractivity contribution is 0.185. The lowest BCUT2D eigenvalue weighted by Gasteiger charge is -2.18. The Hall–Kier alpha value is -1.60. The molecule has 1 aromatic carbocycles. The average molecular weight is 234 g/mol. The van der Waals surface area contributed by atoms with Crippen LogP contribution in [0.15, 0.2) is 18.2 Å². The van der Waals surface area contributed by atoms with Crippen LogP contribution >= 0.6 is 0 Å². The third kappa shape index (κ3) is 2.95. The molecule has 0 saturated carbocycles. The largest absolute Gasteiger partial charge is 0.381 e. The maximum Gasteiger partial charge on any atom is 0.125 e. The maximum absolute atomic E-state index is 13.2. The first-order chi connectivity index (χ1) is 8.19. The van der Waals surface area contributed by atoms with E-state index in [9.17, 15) is 4.39 Å². The summed E-state index contributed by atoms with van der Waals surface area (Å²) in [5.74, 6) is -0.101. The highest BCUT2D eigenvalue weighted by atomic mass is 19.1. The number of nitriles is 1. The van der Waals surface area contributed by atoms with Gasteiger partial charge in [-0.15, -0.1) is 0 Å². The SMILES string of the molecule is Cc1cc(F)cc(NC(C#N)C2CCOC2)c1. The quantitative estimate of drug-likeness (QED) is 0.873. The number of nitrogens with zero attached hydrogens (tertiary/aromatic N) is 1. The molecule has 2 unspecified atom stereocenters. The molecular formula is C13H15FN2O. The molecule has 1 aliphatic rings. The van der Waals surface area contributed by atoms with Gasteiger partial charge in [-0.3, -0.25) is 0 Å². The average Bonchev–Trinajstić information content (AvgIpc) is 2.77. The second-order valence-corrected chi connectivity index (χ2v) is 4.39. The highest BCUT2D eigenvalue weighted by Crippen LogP contribution is 2.21. The van der Waals surface area contributed by atoms with Gasteiger partial charge in [-0.25, -0.2) is 4.39 Å². The Bertz CT molecular complexity index is 415. The second kappa shape index (κ2) is 5.15. The predicted octanol–water partition coefficient (Wildman–Crippen LogP) is 2.47.